The molecule has 2 unspecified atom stereocenters. The number of amides is 1. The van der Waals surface area contributed by atoms with Gasteiger partial charge in [0.15, 0.2) is 0 Å². The maximum absolute atomic E-state index is 12.0. The van der Waals surface area contributed by atoms with E-state index in [1.165, 1.54) is 12.8 Å². The van der Waals surface area contributed by atoms with Crippen LogP contribution in [0.2, 0.25) is 0 Å². The first kappa shape index (κ1) is 13.3. The van der Waals surface area contributed by atoms with Crippen LogP contribution in [0.5, 0.6) is 0 Å². The molecule has 6 nitrogen and oxygen atoms in total. The first-order valence-electron chi connectivity index (χ1n) is 6.58. The van der Waals surface area contributed by atoms with Crippen molar-refractivity contribution >= 4 is 11.9 Å². The number of nitrogens with two attached hydrogens (primary N) is 1. The highest BCUT2D eigenvalue weighted by Crippen LogP contribution is 2.21. The van der Waals surface area contributed by atoms with E-state index in [1.807, 2.05) is 0 Å². The lowest BCUT2D eigenvalue weighted by Crippen LogP contribution is -2.56. The van der Waals surface area contributed by atoms with Gasteiger partial charge < -0.3 is 15.7 Å². The van der Waals surface area contributed by atoms with Crippen LogP contribution in [0.25, 0.3) is 0 Å². The SMILES string of the molecule is NC(CC(=O)N1CCN2CCCCC2C1)C(=O)O. The summed E-state index contributed by atoms with van der Waals surface area (Å²) in [5.74, 6) is -1.24. The molecule has 2 fully saturated rings. The summed E-state index contributed by atoms with van der Waals surface area (Å²) in [6.07, 6.45) is 3.50. The van der Waals surface area contributed by atoms with Crippen LogP contribution in [-0.2, 0) is 9.59 Å². The number of piperidine rings is 1. The first-order chi connectivity index (χ1) is 8.58. The zero-order chi connectivity index (χ0) is 13.1. The fourth-order valence-electron chi connectivity index (χ4n) is 2.79. The van der Waals surface area contributed by atoms with Crippen LogP contribution >= 0.6 is 0 Å². The van der Waals surface area contributed by atoms with E-state index in [-0.39, 0.29) is 12.3 Å². The fraction of sp³-hybridized carbons (Fsp3) is 0.833. The van der Waals surface area contributed by atoms with E-state index in [0.29, 0.717) is 12.6 Å². The summed E-state index contributed by atoms with van der Waals surface area (Å²) < 4.78 is 0. The minimum absolute atomic E-state index is 0.0952. The monoisotopic (exact) mass is 255 g/mol. The minimum Gasteiger partial charge on any atom is -0.480 e. The van der Waals surface area contributed by atoms with Gasteiger partial charge in [0.25, 0.3) is 0 Å². The number of carbonyl (C=O) groups excluding carboxylic acids is 1. The number of carboxylic acids is 1. The van der Waals surface area contributed by atoms with Crippen molar-refractivity contribution in [2.75, 3.05) is 26.2 Å². The maximum atomic E-state index is 12.0. The molecule has 102 valence electrons. The third-order valence-electron chi connectivity index (χ3n) is 3.90. The second-order valence-corrected chi connectivity index (χ2v) is 5.17. The number of hydrogen-bond donors (Lipinski definition) is 2. The molecular formula is C12H21N3O3. The lowest BCUT2D eigenvalue weighted by atomic mass is 9.99. The maximum Gasteiger partial charge on any atom is 0.321 e. The molecule has 0 aliphatic carbocycles. The second-order valence-electron chi connectivity index (χ2n) is 5.17. The second kappa shape index (κ2) is 5.67. The van der Waals surface area contributed by atoms with Crippen LogP contribution in [0.3, 0.4) is 0 Å². The standard InChI is InChI=1S/C12H21N3O3/c13-10(12(17)18)7-11(16)15-6-5-14-4-2-1-3-9(14)8-15/h9-10H,1-8,13H2,(H,17,18). The normalized spacial score (nSPS) is 26.5. The molecule has 0 bridgehead atoms. The number of carboxylic acid groups (broad SMARTS) is 1. The van der Waals surface area contributed by atoms with Gasteiger partial charge in [-0.05, 0) is 19.4 Å². The number of carbonyl (C=O) groups is 2. The summed E-state index contributed by atoms with van der Waals surface area (Å²) in [5, 5.41) is 8.71. The van der Waals surface area contributed by atoms with Gasteiger partial charge in [-0.2, -0.15) is 0 Å². The van der Waals surface area contributed by atoms with Crippen LogP contribution in [0.15, 0.2) is 0 Å². The van der Waals surface area contributed by atoms with Gasteiger partial charge >= 0.3 is 5.97 Å². The lowest BCUT2D eigenvalue weighted by molar-refractivity contribution is -0.143. The predicted octanol–water partition coefficient (Wildman–Crippen LogP) is -0.515. The largest absolute Gasteiger partial charge is 0.480 e. The van der Waals surface area contributed by atoms with Crippen molar-refractivity contribution in [1.82, 2.24) is 9.80 Å². The zero-order valence-corrected chi connectivity index (χ0v) is 10.5. The third kappa shape index (κ3) is 3.00. The highest BCUT2D eigenvalue weighted by atomic mass is 16.4. The molecular weight excluding hydrogens is 234 g/mol. The number of piperazine rings is 1. The van der Waals surface area contributed by atoms with Gasteiger partial charge in [0, 0.05) is 25.7 Å². The van der Waals surface area contributed by atoms with Gasteiger partial charge in [0.1, 0.15) is 6.04 Å². The summed E-state index contributed by atoms with van der Waals surface area (Å²) in [4.78, 5) is 26.8. The van der Waals surface area contributed by atoms with E-state index in [1.54, 1.807) is 4.90 Å². The zero-order valence-electron chi connectivity index (χ0n) is 10.5. The molecule has 2 heterocycles. The van der Waals surface area contributed by atoms with Crippen molar-refractivity contribution in [3.05, 3.63) is 0 Å². The van der Waals surface area contributed by atoms with Crippen LogP contribution in [0.4, 0.5) is 0 Å². The third-order valence-corrected chi connectivity index (χ3v) is 3.90. The summed E-state index contributed by atoms with van der Waals surface area (Å²) in [6.45, 7) is 3.45. The van der Waals surface area contributed by atoms with Crippen molar-refractivity contribution in [2.24, 2.45) is 5.73 Å². The molecule has 1 amide bonds. The Labute approximate surface area is 107 Å². The molecule has 0 aromatic rings. The molecule has 2 rings (SSSR count). The number of hydrogen-bond acceptors (Lipinski definition) is 4. The number of aliphatic carboxylic acids is 1. The minimum atomic E-state index is -1.11. The Morgan fingerprint density at radius 2 is 2.06 bits per heavy atom. The lowest BCUT2D eigenvalue weighted by Gasteiger charge is -2.44. The fourth-order valence-corrected chi connectivity index (χ4v) is 2.79. The number of rotatable bonds is 3. The van der Waals surface area contributed by atoms with Crippen molar-refractivity contribution < 1.29 is 14.7 Å². The van der Waals surface area contributed by atoms with E-state index >= 15 is 0 Å². The highest BCUT2D eigenvalue weighted by molar-refractivity contribution is 5.84. The molecule has 6 heteroatoms. The summed E-state index contributed by atoms with van der Waals surface area (Å²) in [6, 6.07) is -0.626. The van der Waals surface area contributed by atoms with Gasteiger partial charge in [0.2, 0.25) is 5.91 Å². The predicted molar refractivity (Wildman–Crippen MR) is 66.0 cm³/mol. The Bertz CT molecular complexity index is 335. The summed E-state index contributed by atoms with van der Waals surface area (Å²) >= 11 is 0. The Hall–Kier alpha value is -1.14. The van der Waals surface area contributed by atoms with Crippen molar-refractivity contribution in [3.63, 3.8) is 0 Å². The number of nitrogens with zero attached hydrogens (tertiary/aromatic N) is 2. The summed E-state index contributed by atoms with van der Waals surface area (Å²) in [7, 11) is 0. The molecule has 0 radical (unpaired) electrons. The average Bonchev–Trinajstić information content (AvgIpc) is 2.37. The number of fused-ring (bicyclic) bond motifs is 1. The van der Waals surface area contributed by atoms with Gasteiger partial charge in [-0.25, -0.2) is 0 Å². The van der Waals surface area contributed by atoms with Gasteiger partial charge in [0.05, 0.1) is 6.42 Å². The Kier molecular flexibility index (Phi) is 4.19. The Balaban J connectivity index is 1.86. The molecule has 2 atom stereocenters. The molecule has 2 aliphatic heterocycles. The molecule has 0 aromatic carbocycles. The van der Waals surface area contributed by atoms with E-state index in [0.717, 1.165) is 26.1 Å². The molecule has 0 aromatic heterocycles. The van der Waals surface area contributed by atoms with Crippen LogP contribution < -0.4 is 5.73 Å². The van der Waals surface area contributed by atoms with E-state index < -0.39 is 12.0 Å². The smallest absolute Gasteiger partial charge is 0.321 e. The average molecular weight is 255 g/mol. The van der Waals surface area contributed by atoms with Crippen molar-refractivity contribution in [2.45, 2.75) is 37.8 Å². The molecule has 2 saturated heterocycles. The van der Waals surface area contributed by atoms with E-state index in [2.05, 4.69) is 4.90 Å². The Morgan fingerprint density at radius 1 is 1.28 bits per heavy atom. The molecule has 2 aliphatic rings. The molecule has 0 saturated carbocycles. The van der Waals surface area contributed by atoms with Crippen LogP contribution in [0.1, 0.15) is 25.7 Å². The molecule has 0 spiro atoms. The molecule has 18 heavy (non-hydrogen) atoms. The van der Waals surface area contributed by atoms with Crippen molar-refractivity contribution in [3.8, 4) is 0 Å². The Morgan fingerprint density at radius 3 is 2.78 bits per heavy atom. The highest BCUT2D eigenvalue weighted by Gasteiger charge is 2.31. The van der Waals surface area contributed by atoms with Crippen molar-refractivity contribution in [1.29, 1.82) is 0 Å². The van der Waals surface area contributed by atoms with Crippen LogP contribution in [-0.4, -0.2) is 65.0 Å². The summed E-state index contributed by atoms with van der Waals surface area (Å²) in [5.41, 5.74) is 5.40. The quantitative estimate of drug-likeness (QED) is 0.709. The van der Waals surface area contributed by atoms with E-state index in [9.17, 15) is 9.59 Å². The van der Waals surface area contributed by atoms with Gasteiger partial charge in [-0.1, -0.05) is 6.42 Å². The van der Waals surface area contributed by atoms with E-state index in [4.69, 9.17) is 10.8 Å². The van der Waals surface area contributed by atoms with Crippen LogP contribution in [0, 0.1) is 0 Å². The van der Waals surface area contributed by atoms with Gasteiger partial charge in [-0.15, -0.1) is 0 Å². The van der Waals surface area contributed by atoms with Gasteiger partial charge in [-0.3, -0.25) is 14.5 Å². The first-order valence-corrected chi connectivity index (χ1v) is 6.58. The molecule has 3 N–H and O–H groups in total. The topological polar surface area (TPSA) is 86.9 Å².